The fraction of sp³-hybridized carbons (Fsp3) is 0.333. The maximum absolute atomic E-state index is 13.6. The van der Waals surface area contributed by atoms with Crippen LogP contribution in [0.2, 0.25) is 0 Å². The minimum atomic E-state index is -4.71. The minimum Gasteiger partial charge on any atom is -0.304 e. The molecule has 1 heterocycles. The highest BCUT2D eigenvalue weighted by Crippen LogP contribution is 2.32. The number of aromatic amines is 1. The summed E-state index contributed by atoms with van der Waals surface area (Å²) in [7, 11) is 0. The van der Waals surface area contributed by atoms with E-state index >= 15 is 0 Å². The number of hydrogen-bond acceptors (Lipinski definition) is 3. The Kier molecular flexibility index (Phi) is 4.03. The standard InChI is InChI=1S/C12H12F4N4/c1-2-17-10(11-18-6-19-20-11)7-3-4-8(9(13)5-7)12(14,15)16/h3-6,10,17H,2H2,1H3,(H,18,19,20). The molecule has 0 aliphatic carbocycles. The van der Waals surface area contributed by atoms with Gasteiger partial charge < -0.3 is 5.32 Å². The number of nitrogens with zero attached hydrogens (tertiary/aromatic N) is 2. The molecule has 20 heavy (non-hydrogen) atoms. The Hall–Kier alpha value is -1.96. The van der Waals surface area contributed by atoms with E-state index in [2.05, 4.69) is 20.5 Å². The van der Waals surface area contributed by atoms with Crippen LogP contribution in [0.15, 0.2) is 24.5 Å². The molecule has 8 heteroatoms. The van der Waals surface area contributed by atoms with Gasteiger partial charge in [0.05, 0.1) is 11.6 Å². The van der Waals surface area contributed by atoms with Gasteiger partial charge in [-0.05, 0) is 24.2 Å². The van der Waals surface area contributed by atoms with Gasteiger partial charge >= 0.3 is 6.18 Å². The van der Waals surface area contributed by atoms with Crippen LogP contribution in [0.4, 0.5) is 17.6 Å². The summed E-state index contributed by atoms with van der Waals surface area (Å²) in [6.07, 6.45) is -3.43. The van der Waals surface area contributed by atoms with Gasteiger partial charge in [0.15, 0.2) is 0 Å². The van der Waals surface area contributed by atoms with Crippen molar-refractivity contribution in [1.29, 1.82) is 0 Å². The molecule has 1 unspecified atom stereocenters. The van der Waals surface area contributed by atoms with E-state index in [1.54, 1.807) is 0 Å². The lowest BCUT2D eigenvalue weighted by Gasteiger charge is -2.17. The molecule has 0 aliphatic rings. The van der Waals surface area contributed by atoms with E-state index in [9.17, 15) is 17.6 Å². The summed E-state index contributed by atoms with van der Waals surface area (Å²) in [5.41, 5.74) is -0.942. The van der Waals surface area contributed by atoms with Crippen molar-refractivity contribution >= 4 is 0 Å². The molecule has 0 saturated heterocycles. The van der Waals surface area contributed by atoms with Crippen LogP contribution in [0, 0.1) is 5.82 Å². The van der Waals surface area contributed by atoms with Crippen molar-refractivity contribution < 1.29 is 17.6 Å². The van der Waals surface area contributed by atoms with E-state index in [-0.39, 0.29) is 0 Å². The van der Waals surface area contributed by atoms with Crippen LogP contribution < -0.4 is 5.32 Å². The average molecular weight is 288 g/mol. The molecule has 2 aromatic rings. The van der Waals surface area contributed by atoms with Crippen LogP contribution in [0.5, 0.6) is 0 Å². The lowest BCUT2D eigenvalue weighted by molar-refractivity contribution is -0.140. The Balaban J connectivity index is 2.38. The zero-order valence-electron chi connectivity index (χ0n) is 10.5. The summed E-state index contributed by atoms with van der Waals surface area (Å²) in [6.45, 7) is 2.36. The first kappa shape index (κ1) is 14.4. The van der Waals surface area contributed by atoms with Crippen LogP contribution in [-0.2, 0) is 6.18 Å². The first-order valence-corrected chi connectivity index (χ1v) is 5.88. The van der Waals surface area contributed by atoms with Crippen molar-refractivity contribution in [3.8, 4) is 0 Å². The average Bonchev–Trinajstić information content (AvgIpc) is 2.87. The van der Waals surface area contributed by atoms with Gasteiger partial charge in [-0.15, -0.1) is 0 Å². The number of aromatic nitrogens is 3. The number of benzene rings is 1. The van der Waals surface area contributed by atoms with Crippen LogP contribution >= 0.6 is 0 Å². The van der Waals surface area contributed by atoms with Crippen molar-refractivity contribution in [2.45, 2.75) is 19.1 Å². The maximum Gasteiger partial charge on any atom is 0.419 e. The molecule has 2 rings (SSSR count). The van der Waals surface area contributed by atoms with Gasteiger partial charge in [0.1, 0.15) is 18.0 Å². The molecule has 0 amide bonds. The van der Waals surface area contributed by atoms with Crippen molar-refractivity contribution in [3.63, 3.8) is 0 Å². The molecule has 4 nitrogen and oxygen atoms in total. The van der Waals surface area contributed by atoms with E-state index in [0.717, 1.165) is 12.1 Å². The SMILES string of the molecule is CCNC(c1ccc(C(F)(F)F)c(F)c1)c1ncn[nH]1. The molecular weight excluding hydrogens is 276 g/mol. The Labute approximate surface area is 112 Å². The second kappa shape index (κ2) is 5.58. The topological polar surface area (TPSA) is 53.6 Å². The summed E-state index contributed by atoms with van der Waals surface area (Å²) in [4.78, 5) is 3.94. The first-order chi connectivity index (χ1) is 9.43. The van der Waals surface area contributed by atoms with Crippen LogP contribution in [0.1, 0.15) is 29.9 Å². The summed E-state index contributed by atoms with van der Waals surface area (Å²) < 4.78 is 51.2. The highest BCUT2D eigenvalue weighted by Gasteiger charge is 2.34. The van der Waals surface area contributed by atoms with Crippen molar-refractivity contribution in [2.75, 3.05) is 6.54 Å². The summed E-state index contributed by atoms with van der Waals surface area (Å²) in [5, 5.41) is 9.30. The van der Waals surface area contributed by atoms with Gasteiger partial charge in [0, 0.05) is 0 Å². The third kappa shape index (κ3) is 2.96. The molecule has 1 aromatic carbocycles. The number of nitrogens with one attached hydrogen (secondary N) is 2. The molecule has 0 bridgehead atoms. The highest BCUT2D eigenvalue weighted by atomic mass is 19.4. The molecule has 0 radical (unpaired) electrons. The van der Waals surface area contributed by atoms with E-state index in [0.29, 0.717) is 17.9 Å². The molecule has 1 aromatic heterocycles. The van der Waals surface area contributed by atoms with Gasteiger partial charge in [-0.3, -0.25) is 5.10 Å². The Bertz CT molecular complexity index is 565. The molecule has 2 N–H and O–H groups in total. The van der Waals surface area contributed by atoms with E-state index < -0.39 is 23.6 Å². The number of H-pyrrole nitrogens is 1. The summed E-state index contributed by atoms with van der Waals surface area (Å²) >= 11 is 0. The molecule has 1 atom stereocenters. The fourth-order valence-corrected chi connectivity index (χ4v) is 1.87. The number of alkyl halides is 3. The van der Waals surface area contributed by atoms with Gasteiger partial charge in [0.25, 0.3) is 0 Å². The number of hydrogen-bond donors (Lipinski definition) is 2. The molecule has 108 valence electrons. The molecule has 0 spiro atoms. The smallest absolute Gasteiger partial charge is 0.304 e. The fourth-order valence-electron chi connectivity index (χ4n) is 1.87. The van der Waals surface area contributed by atoms with E-state index in [1.807, 2.05) is 6.92 Å². The third-order valence-electron chi connectivity index (χ3n) is 2.75. The Morgan fingerprint density at radius 2 is 2.10 bits per heavy atom. The van der Waals surface area contributed by atoms with E-state index in [1.165, 1.54) is 12.4 Å². The van der Waals surface area contributed by atoms with Gasteiger partial charge in [0.2, 0.25) is 0 Å². The lowest BCUT2D eigenvalue weighted by atomic mass is 10.0. The van der Waals surface area contributed by atoms with Gasteiger partial charge in [-0.25, -0.2) is 9.37 Å². The predicted molar refractivity (Wildman–Crippen MR) is 63.3 cm³/mol. The predicted octanol–water partition coefficient (Wildman–Crippen LogP) is 2.66. The summed E-state index contributed by atoms with van der Waals surface area (Å²) in [6, 6.07) is 2.27. The lowest BCUT2D eigenvalue weighted by Crippen LogP contribution is -2.23. The summed E-state index contributed by atoms with van der Waals surface area (Å²) in [5.74, 6) is -0.900. The van der Waals surface area contributed by atoms with E-state index in [4.69, 9.17) is 0 Å². The molecular formula is C12H12F4N4. The molecule has 0 saturated carbocycles. The highest BCUT2D eigenvalue weighted by molar-refractivity contribution is 5.31. The zero-order chi connectivity index (χ0) is 14.8. The quantitative estimate of drug-likeness (QED) is 0.850. The zero-order valence-corrected chi connectivity index (χ0v) is 10.5. The number of rotatable bonds is 4. The van der Waals surface area contributed by atoms with Gasteiger partial charge in [-0.2, -0.15) is 18.3 Å². The number of halogens is 4. The monoisotopic (exact) mass is 288 g/mol. The van der Waals surface area contributed by atoms with Crippen molar-refractivity contribution in [3.05, 3.63) is 47.3 Å². The van der Waals surface area contributed by atoms with Crippen molar-refractivity contribution in [1.82, 2.24) is 20.5 Å². The third-order valence-corrected chi connectivity index (χ3v) is 2.75. The maximum atomic E-state index is 13.6. The minimum absolute atomic E-state index is 0.342. The Morgan fingerprint density at radius 1 is 1.35 bits per heavy atom. The van der Waals surface area contributed by atoms with Crippen molar-refractivity contribution in [2.24, 2.45) is 0 Å². The molecule has 0 aliphatic heterocycles. The Morgan fingerprint density at radius 3 is 2.60 bits per heavy atom. The van der Waals surface area contributed by atoms with Crippen LogP contribution in [-0.4, -0.2) is 21.7 Å². The largest absolute Gasteiger partial charge is 0.419 e. The first-order valence-electron chi connectivity index (χ1n) is 5.88. The van der Waals surface area contributed by atoms with Crippen LogP contribution in [0.25, 0.3) is 0 Å². The van der Waals surface area contributed by atoms with Crippen LogP contribution in [0.3, 0.4) is 0 Å². The second-order valence-corrected chi connectivity index (χ2v) is 4.10. The normalized spacial score (nSPS) is 13.4. The van der Waals surface area contributed by atoms with Gasteiger partial charge in [-0.1, -0.05) is 13.0 Å². The molecule has 0 fully saturated rings. The second-order valence-electron chi connectivity index (χ2n) is 4.10.